The van der Waals surface area contributed by atoms with Gasteiger partial charge in [-0.3, -0.25) is 14.3 Å². The molecule has 0 bridgehead atoms. The fraction of sp³-hybridized carbons (Fsp3) is 0.421. The summed E-state index contributed by atoms with van der Waals surface area (Å²) in [6, 6.07) is 5.10. The van der Waals surface area contributed by atoms with Crippen molar-refractivity contribution >= 4 is 17.5 Å². The molecule has 7 nitrogen and oxygen atoms in total. The Hall–Kier alpha value is -2.74. The zero-order valence-corrected chi connectivity index (χ0v) is 15.0. The lowest BCUT2D eigenvalue weighted by molar-refractivity contribution is -0.160. The van der Waals surface area contributed by atoms with Gasteiger partial charge in [0.05, 0.1) is 17.9 Å². The minimum Gasteiger partial charge on any atom is -0.356 e. The molecule has 1 aliphatic heterocycles. The molecule has 0 unspecified atom stereocenters. The molecule has 2 fully saturated rings. The second kappa shape index (κ2) is 7.11. The van der Waals surface area contributed by atoms with E-state index in [0.717, 1.165) is 6.54 Å². The van der Waals surface area contributed by atoms with Gasteiger partial charge in [0.15, 0.2) is 6.10 Å². The Morgan fingerprint density at radius 1 is 1.33 bits per heavy atom. The molecule has 1 N–H and O–H groups in total. The number of carbonyl (C=O) groups is 2. The second-order valence-corrected chi connectivity index (χ2v) is 7.12. The number of ether oxygens (including phenoxy) is 1. The summed E-state index contributed by atoms with van der Waals surface area (Å²) >= 11 is 0. The number of halogens is 1. The number of carbonyl (C=O) groups excluding carboxylic acids is 2. The molecule has 27 heavy (non-hydrogen) atoms. The normalized spacial score (nSPS) is 22.7. The van der Waals surface area contributed by atoms with E-state index in [0.29, 0.717) is 17.2 Å². The van der Waals surface area contributed by atoms with Gasteiger partial charge in [0.1, 0.15) is 12.4 Å². The van der Waals surface area contributed by atoms with Crippen molar-refractivity contribution < 1.29 is 18.7 Å². The highest BCUT2D eigenvalue weighted by Crippen LogP contribution is 2.31. The first kappa shape index (κ1) is 17.7. The Balaban J connectivity index is 1.51. The molecule has 2 amide bonds. The monoisotopic (exact) mass is 372 g/mol. The van der Waals surface area contributed by atoms with E-state index in [1.165, 1.54) is 29.9 Å². The van der Waals surface area contributed by atoms with E-state index >= 15 is 0 Å². The number of nitrogens with zero attached hydrogens (tertiary/aromatic N) is 3. The molecule has 2 atom stereocenters. The van der Waals surface area contributed by atoms with Crippen molar-refractivity contribution in [1.29, 1.82) is 0 Å². The number of hydrogen-bond donors (Lipinski definition) is 1. The van der Waals surface area contributed by atoms with E-state index in [1.807, 2.05) is 4.68 Å². The van der Waals surface area contributed by atoms with Crippen molar-refractivity contribution in [2.45, 2.75) is 31.5 Å². The van der Waals surface area contributed by atoms with Crippen molar-refractivity contribution in [3.05, 3.63) is 48.0 Å². The van der Waals surface area contributed by atoms with Crippen LogP contribution < -0.4 is 5.32 Å². The Bertz CT molecular complexity index is 847. The lowest BCUT2D eigenvalue weighted by Crippen LogP contribution is -2.51. The smallest absolute Gasteiger partial charge is 0.256 e. The number of anilines is 1. The highest BCUT2D eigenvalue weighted by molar-refractivity contribution is 5.96. The number of nitrogens with one attached hydrogen (secondary N) is 1. The largest absolute Gasteiger partial charge is 0.356 e. The summed E-state index contributed by atoms with van der Waals surface area (Å²) in [4.78, 5) is 26.4. The van der Waals surface area contributed by atoms with Crippen molar-refractivity contribution in [2.24, 2.45) is 5.92 Å². The van der Waals surface area contributed by atoms with Crippen molar-refractivity contribution in [2.75, 3.05) is 19.0 Å². The predicted molar refractivity (Wildman–Crippen MR) is 95.2 cm³/mol. The Kier molecular flexibility index (Phi) is 4.65. The first-order chi connectivity index (χ1) is 13.0. The minimum absolute atomic E-state index is 0.173. The zero-order chi connectivity index (χ0) is 19.0. The van der Waals surface area contributed by atoms with Gasteiger partial charge in [-0.2, -0.15) is 5.10 Å². The third kappa shape index (κ3) is 3.85. The van der Waals surface area contributed by atoms with Crippen molar-refractivity contribution in [3.8, 4) is 0 Å². The predicted octanol–water partition coefficient (Wildman–Crippen LogP) is 1.97. The van der Waals surface area contributed by atoms with E-state index in [9.17, 15) is 14.0 Å². The van der Waals surface area contributed by atoms with Crippen LogP contribution in [-0.2, 0) is 20.9 Å². The standard InChI is InChI=1S/C19H21FN4O3/c1-23-16(25)11-27-18(17(23)13-4-6-14(20)7-5-13)19(26)22-15-8-21-24(10-15)9-12-2-3-12/h4-8,10,12,17-18H,2-3,9,11H2,1H3,(H,22,26)/t17-,18+/m1/s1. The SMILES string of the molecule is CN1C(=O)CO[C@H](C(=O)Nc2cnn(CC3CC3)c2)[C@H]1c1ccc(F)cc1. The maximum absolute atomic E-state index is 13.3. The van der Waals surface area contributed by atoms with E-state index in [-0.39, 0.29) is 24.2 Å². The van der Waals surface area contributed by atoms with Gasteiger partial charge < -0.3 is 15.0 Å². The lowest BCUT2D eigenvalue weighted by atomic mass is 9.97. The van der Waals surface area contributed by atoms with Crippen LogP contribution in [0.1, 0.15) is 24.4 Å². The van der Waals surface area contributed by atoms with E-state index in [4.69, 9.17) is 4.74 Å². The van der Waals surface area contributed by atoms with Crippen LogP contribution in [0.4, 0.5) is 10.1 Å². The topological polar surface area (TPSA) is 76.5 Å². The average Bonchev–Trinajstić information content (AvgIpc) is 3.36. The molecule has 8 heteroatoms. The fourth-order valence-corrected chi connectivity index (χ4v) is 3.30. The van der Waals surface area contributed by atoms with Crippen molar-refractivity contribution in [1.82, 2.24) is 14.7 Å². The summed E-state index contributed by atoms with van der Waals surface area (Å²) in [5, 5.41) is 7.08. The molecule has 0 spiro atoms. The first-order valence-corrected chi connectivity index (χ1v) is 8.97. The zero-order valence-electron chi connectivity index (χ0n) is 15.0. The number of morpholine rings is 1. The summed E-state index contributed by atoms with van der Waals surface area (Å²) in [6.07, 6.45) is 4.94. The molecular formula is C19H21FN4O3. The molecule has 1 aromatic heterocycles. The van der Waals surface area contributed by atoms with E-state index in [1.54, 1.807) is 31.6 Å². The molecule has 1 saturated carbocycles. The molecule has 2 aliphatic rings. The maximum Gasteiger partial charge on any atom is 0.256 e. The van der Waals surface area contributed by atoms with Crippen molar-refractivity contribution in [3.63, 3.8) is 0 Å². The molecule has 1 saturated heterocycles. The Morgan fingerprint density at radius 2 is 2.07 bits per heavy atom. The molecule has 1 aliphatic carbocycles. The number of amides is 2. The van der Waals surface area contributed by atoms with Crippen LogP contribution in [0, 0.1) is 11.7 Å². The number of hydrogen-bond acceptors (Lipinski definition) is 4. The molecule has 2 aromatic rings. The number of likely N-dealkylation sites (N-methyl/N-ethyl adjacent to an activating group) is 1. The second-order valence-electron chi connectivity index (χ2n) is 7.12. The summed E-state index contributed by atoms with van der Waals surface area (Å²) in [5.74, 6) is -0.300. The van der Waals surface area contributed by atoms with Crippen LogP contribution in [0.25, 0.3) is 0 Å². The lowest BCUT2D eigenvalue weighted by Gasteiger charge is -2.38. The van der Waals surface area contributed by atoms with Gasteiger partial charge >= 0.3 is 0 Å². The first-order valence-electron chi connectivity index (χ1n) is 8.97. The molecule has 0 radical (unpaired) electrons. The van der Waals surface area contributed by atoms with Crippen LogP contribution in [0.5, 0.6) is 0 Å². The molecule has 2 heterocycles. The van der Waals surface area contributed by atoms with Crippen LogP contribution in [0.2, 0.25) is 0 Å². The summed E-state index contributed by atoms with van der Waals surface area (Å²) < 4.78 is 20.6. The van der Waals surface area contributed by atoms with E-state index < -0.39 is 12.1 Å². The van der Waals surface area contributed by atoms with Gasteiger partial charge in [0.25, 0.3) is 5.91 Å². The summed E-state index contributed by atoms with van der Waals surface area (Å²) in [7, 11) is 1.62. The number of benzene rings is 1. The van der Waals surface area contributed by atoms with Crippen LogP contribution in [-0.4, -0.2) is 46.3 Å². The Morgan fingerprint density at radius 3 is 2.78 bits per heavy atom. The van der Waals surface area contributed by atoms with Gasteiger partial charge in [-0.05, 0) is 36.5 Å². The average molecular weight is 372 g/mol. The number of rotatable bonds is 5. The van der Waals surface area contributed by atoms with Crippen LogP contribution in [0.15, 0.2) is 36.7 Å². The van der Waals surface area contributed by atoms with Crippen LogP contribution >= 0.6 is 0 Å². The minimum atomic E-state index is -0.898. The quantitative estimate of drug-likeness (QED) is 0.871. The highest BCUT2D eigenvalue weighted by atomic mass is 19.1. The van der Waals surface area contributed by atoms with Gasteiger partial charge in [-0.1, -0.05) is 12.1 Å². The van der Waals surface area contributed by atoms with E-state index in [2.05, 4.69) is 10.4 Å². The third-order valence-electron chi connectivity index (χ3n) is 5.00. The summed E-state index contributed by atoms with van der Waals surface area (Å²) in [5.41, 5.74) is 1.22. The number of aromatic nitrogens is 2. The molecule has 142 valence electrons. The van der Waals surface area contributed by atoms with Gasteiger partial charge in [0, 0.05) is 19.8 Å². The van der Waals surface area contributed by atoms with Gasteiger partial charge in [-0.25, -0.2) is 4.39 Å². The third-order valence-corrected chi connectivity index (χ3v) is 5.00. The molecular weight excluding hydrogens is 351 g/mol. The Labute approximate surface area is 156 Å². The summed E-state index contributed by atoms with van der Waals surface area (Å²) in [6.45, 7) is 0.679. The maximum atomic E-state index is 13.3. The van der Waals surface area contributed by atoms with Crippen LogP contribution in [0.3, 0.4) is 0 Å². The van der Waals surface area contributed by atoms with Gasteiger partial charge in [-0.15, -0.1) is 0 Å². The fourth-order valence-electron chi connectivity index (χ4n) is 3.30. The molecule has 4 rings (SSSR count). The highest BCUT2D eigenvalue weighted by Gasteiger charge is 2.40. The van der Waals surface area contributed by atoms with Gasteiger partial charge in [0.2, 0.25) is 5.91 Å². The molecule has 1 aromatic carbocycles.